The van der Waals surface area contributed by atoms with Crippen LogP contribution in [0.4, 0.5) is 0 Å². The second-order valence-electron chi connectivity index (χ2n) is 4.45. The molecule has 1 aromatic rings. The molecule has 0 saturated carbocycles. The number of ketones is 1. The van der Waals surface area contributed by atoms with Gasteiger partial charge in [0.15, 0.2) is 0 Å². The predicted molar refractivity (Wildman–Crippen MR) is 76.2 cm³/mol. The van der Waals surface area contributed by atoms with Crippen LogP contribution in [0.5, 0.6) is 0 Å². The van der Waals surface area contributed by atoms with Crippen LogP contribution in [0.15, 0.2) is 17.5 Å². The number of esters is 1. The van der Waals surface area contributed by atoms with Gasteiger partial charge in [-0.05, 0) is 32.3 Å². The second kappa shape index (κ2) is 8.07. The normalized spacial score (nSPS) is 12.4. The smallest absolute Gasteiger partial charge is 0.306 e. The van der Waals surface area contributed by atoms with Crippen molar-refractivity contribution < 1.29 is 14.3 Å². The minimum Gasteiger partial charge on any atom is -0.466 e. The number of carbonyl (C=O) groups excluding carboxylic acids is 2. The lowest BCUT2D eigenvalue weighted by Crippen LogP contribution is -2.28. The van der Waals surface area contributed by atoms with Gasteiger partial charge >= 0.3 is 5.97 Å². The Kier molecular flexibility index (Phi) is 6.73. The number of thiophene rings is 1. The molecule has 19 heavy (non-hydrogen) atoms. The van der Waals surface area contributed by atoms with Gasteiger partial charge < -0.3 is 4.74 Å². The Morgan fingerprint density at radius 3 is 2.74 bits per heavy atom. The van der Waals surface area contributed by atoms with Gasteiger partial charge in [0.1, 0.15) is 5.78 Å². The largest absolute Gasteiger partial charge is 0.466 e. The summed E-state index contributed by atoms with van der Waals surface area (Å²) in [6.45, 7) is 4.56. The predicted octanol–water partition coefficient (Wildman–Crippen LogP) is 2.65. The lowest BCUT2D eigenvalue weighted by Gasteiger charge is -2.22. The number of hydrogen-bond acceptors (Lipinski definition) is 5. The van der Waals surface area contributed by atoms with E-state index in [0.29, 0.717) is 13.2 Å². The first kappa shape index (κ1) is 15.9. The van der Waals surface area contributed by atoms with Crippen LogP contribution in [0.3, 0.4) is 0 Å². The van der Waals surface area contributed by atoms with Gasteiger partial charge in [0.05, 0.1) is 19.6 Å². The summed E-state index contributed by atoms with van der Waals surface area (Å²) < 4.78 is 4.80. The molecule has 1 aromatic heterocycles. The number of carbonyl (C=O) groups is 2. The SMILES string of the molecule is CCOC(=O)CCC(=O)CN(C)C(C)c1cccs1. The fraction of sp³-hybridized carbons (Fsp3) is 0.571. The van der Waals surface area contributed by atoms with Gasteiger partial charge in [-0.1, -0.05) is 6.07 Å². The van der Waals surface area contributed by atoms with E-state index in [1.54, 1.807) is 18.3 Å². The summed E-state index contributed by atoms with van der Waals surface area (Å²) in [6, 6.07) is 4.29. The lowest BCUT2D eigenvalue weighted by atomic mass is 10.2. The molecular formula is C14H21NO3S. The molecule has 1 heterocycles. The maximum atomic E-state index is 11.8. The standard InChI is InChI=1S/C14H21NO3S/c1-4-18-14(17)8-7-12(16)10-15(3)11(2)13-6-5-9-19-13/h5-6,9,11H,4,7-8,10H2,1-3H3. The van der Waals surface area contributed by atoms with E-state index >= 15 is 0 Å². The monoisotopic (exact) mass is 283 g/mol. The molecule has 0 aliphatic heterocycles. The highest BCUT2D eigenvalue weighted by atomic mass is 32.1. The topological polar surface area (TPSA) is 46.6 Å². The highest BCUT2D eigenvalue weighted by molar-refractivity contribution is 7.10. The molecule has 0 bridgehead atoms. The third-order valence-electron chi connectivity index (χ3n) is 2.96. The van der Waals surface area contributed by atoms with Crippen LogP contribution < -0.4 is 0 Å². The maximum Gasteiger partial charge on any atom is 0.306 e. The molecule has 0 radical (unpaired) electrons. The Morgan fingerprint density at radius 2 is 2.16 bits per heavy atom. The van der Waals surface area contributed by atoms with Crippen molar-refractivity contribution in [1.29, 1.82) is 0 Å². The Hall–Kier alpha value is -1.20. The summed E-state index contributed by atoms with van der Waals surface area (Å²) in [6.07, 6.45) is 0.425. The zero-order valence-corrected chi connectivity index (χ0v) is 12.5. The summed E-state index contributed by atoms with van der Waals surface area (Å²) in [5.41, 5.74) is 0. The summed E-state index contributed by atoms with van der Waals surface area (Å²) in [7, 11) is 1.92. The molecule has 0 fully saturated rings. The van der Waals surface area contributed by atoms with Gasteiger partial charge in [0.2, 0.25) is 0 Å². The number of nitrogens with zero attached hydrogens (tertiary/aromatic N) is 1. The molecule has 0 aromatic carbocycles. The Balaban J connectivity index is 2.33. The summed E-state index contributed by atoms with van der Waals surface area (Å²) in [5, 5.41) is 2.03. The first-order valence-electron chi connectivity index (χ1n) is 6.45. The Labute approximate surface area is 118 Å². The summed E-state index contributed by atoms with van der Waals surface area (Å²) in [5.74, 6) is -0.233. The fourth-order valence-electron chi connectivity index (χ4n) is 1.71. The van der Waals surface area contributed by atoms with Crippen molar-refractivity contribution in [3.05, 3.63) is 22.4 Å². The average molecular weight is 283 g/mol. The van der Waals surface area contributed by atoms with E-state index in [1.807, 2.05) is 23.4 Å². The number of likely N-dealkylation sites (N-methyl/N-ethyl adjacent to an activating group) is 1. The van der Waals surface area contributed by atoms with Crippen molar-refractivity contribution in [3.8, 4) is 0 Å². The lowest BCUT2D eigenvalue weighted by molar-refractivity contribution is -0.144. The van der Waals surface area contributed by atoms with Crippen molar-refractivity contribution in [2.24, 2.45) is 0 Å². The van der Waals surface area contributed by atoms with Gasteiger partial charge in [0, 0.05) is 17.3 Å². The molecule has 0 amide bonds. The van der Waals surface area contributed by atoms with Crippen LogP contribution in [-0.4, -0.2) is 36.9 Å². The fourth-order valence-corrected chi connectivity index (χ4v) is 2.56. The molecule has 1 unspecified atom stereocenters. The Bertz CT molecular complexity index is 403. The molecule has 0 aliphatic rings. The Morgan fingerprint density at radius 1 is 1.42 bits per heavy atom. The summed E-state index contributed by atoms with van der Waals surface area (Å²) >= 11 is 1.68. The van der Waals surface area contributed by atoms with E-state index in [4.69, 9.17) is 4.74 Å². The molecule has 4 nitrogen and oxygen atoms in total. The van der Waals surface area contributed by atoms with Crippen molar-refractivity contribution in [2.45, 2.75) is 32.7 Å². The summed E-state index contributed by atoms with van der Waals surface area (Å²) in [4.78, 5) is 26.2. The average Bonchev–Trinajstić information content (AvgIpc) is 2.89. The van der Waals surface area contributed by atoms with Gasteiger partial charge in [-0.15, -0.1) is 11.3 Å². The van der Waals surface area contributed by atoms with E-state index in [-0.39, 0.29) is 30.6 Å². The van der Waals surface area contributed by atoms with Crippen LogP contribution in [0, 0.1) is 0 Å². The first-order valence-corrected chi connectivity index (χ1v) is 7.33. The minimum atomic E-state index is -0.301. The molecule has 0 N–H and O–H groups in total. The highest BCUT2D eigenvalue weighted by Crippen LogP contribution is 2.23. The zero-order valence-electron chi connectivity index (χ0n) is 11.7. The number of hydrogen-bond donors (Lipinski definition) is 0. The maximum absolute atomic E-state index is 11.8. The molecule has 0 aliphatic carbocycles. The van der Waals surface area contributed by atoms with Crippen LogP contribution in [-0.2, 0) is 14.3 Å². The van der Waals surface area contributed by atoms with Gasteiger partial charge in [-0.3, -0.25) is 14.5 Å². The van der Waals surface area contributed by atoms with Crippen LogP contribution >= 0.6 is 11.3 Å². The number of ether oxygens (including phenoxy) is 1. The van der Waals surface area contributed by atoms with Crippen molar-refractivity contribution in [2.75, 3.05) is 20.2 Å². The third-order valence-corrected chi connectivity index (χ3v) is 4.00. The highest BCUT2D eigenvalue weighted by Gasteiger charge is 2.16. The van der Waals surface area contributed by atoms with Crippen molar-refractivity contribution >= 4 is 23.1 Å². The minimum absolute atomic E-state index is 0.0685. The number of rotatable bonds is 8. The molecule has 0 spiro atoms. The van der Waals surface area contributed by atoms with Gasteiger partial charge in [-0.25, -0.2) is 0 Å². The van der Waals surface area contributed by atoms with E-state index in [1.165, 1.54) is 4.88 Å². The van der Waals surface area contributed by atoms with E-state index in [0.717, 1.165) is 0 Å². The van der Waals surface area contributed by atoms with Crippen LogP contribution in [0.2, 0.25) is 0 Å². The van der Waals surface area contributed by atoms with Crippen molar-refractivity contribution in [3.63, 3.8) is 0 Å². The zero-order chi connectivity index (χ0) is 14.3. The van der Waals surface area contributed by atoms with E-state index in [9.17, 15) is 9.59 Å². The van der Waals surface area contributed by atoms with Crippen LogP contribution in [0.25, 0.3) is 0 Å². The first-order chi connectivity index (χ1) is 9.04. The number of Topliss-reactive ketones (excluding diaryl/α,β-unsaturated/α-hetero) is 1. The van der Waals surface area contributed by atoms with E-state index < -0.39 is 0 Å². The molecule has 1 atom stereocenters. The molecule has 0 saturated heterocycles. The second-order valence-corrected chi connectivity index (χ2v) is 5.43. The van der Waals surface area contributed by atoms with Gasteiger partial charge in [0.25, 0.3) is 0 Å². The third kappa shape index (κ3) is 5.53. The molecule has 106 valence electrons. The molecular weight excluding hydrogens is 262 g/mol. The van der Waals surface area contributed by atoms with Crippen molar-refractivity contribution in [1.82, 2.24) is 4.90 Å². The van der Waals surface area contributed by atoms with Crippen LogP contribution in [0.1, 0.15) is 37.6 Å². The van der Waals surface area contributed by atoms with Gasteiger partial charge in [-0.2, -0.15) is 0 Å². The molecule has 5 heteroatoms. The van der Waals surface area contributed by atoms with E-state index in [2.05, 4.69) is 13.0 Å². The molecule has 1 rings (SSSR count). The quantitative estimate of drug-likeness (QED) is 0.688.